The van der Waals surface area contributed by atoms with Crippen LogP contribution in [0.3, 0.4) is 0 Å². The van der Waals surface area contributed by atoms with Gasteiger partial charge in [0.2, 0.25) is 0 Å². The van der Waals surface area contributed by atoms with Gasteiger partial charge < -0.3 is 9.84 Å². The minimum absolute atomic E-state index is 0.391. The van der Waals surface area contributed by atoms with Crippen LogP contribution < -0.4 is 4.74 Å². The molecule has 1 heterocycles. The molecule has 3 nitrogen and oxygen atoms in total. The van der Waals surface area contributed by atoms with Crippen molar-refractivity contribution >= 4 is 15.9 Å². The molecule has 1 aromatic heterocycles. The van der Waals surface area contributed by atoms with Crippen LogP contribution in [0.5, 0.6) is 11.5 Å². The molecule has 1 N–H and O–H groups in total. The van der Waals surface area contributed by atoms with E-state index < -0.39 is 34.6 Å². The van der Waals surface area contributed by atoms with Crippen molar-refractivity contribution in [2.24, 2.45) is 0 Å². The van der Waals surface area contributed by atoms with Gasteiger partial charge >= 0.3 is 6.36 Å². The van der Waals surface area contributed by atoms with E-state index in [1.54, 1.807) is 0 Å². The van der Waals surface area contributed by atoms with Crippen molar-refractivity contribution in [3.63, 3.8) is 0 Å². The van der Waals surface area contributed by atoms with Crippen molar-refractivity contribution in [1.29, 1.82) is 0 Å². The molecule has 0 aliphatic rings. The number of rotatable bonds is 2. The van der Waals surface area contributed by atoms with Gasteiger partial charge in [0.05, 0.1) is 0 Å². The predicted molar refractivity (Wildman–Crippen MR) is 45.2 cm³/mol. The third-order valence-electron chi connectivity index (χ3n) is 1.38. The summed E-state index contributed by atoms with van der Waals surface area (Å²) in [5.74, 6) is -1.97. The van der Waals surface area contributed by atoms with E-state index >= 15 is 0 Å². The third kappa shape index (κ3) is 3.19. The Labute approximate surface area is 94.0 Å². The maximum Gasteiger partial charge on any atom is 0.573 e. The van der Waals surface area contributed by atoms with Crippen molar-refractivity contribution < 1.29 is 31.8 Å². The average Bonchev–Trinajstić information content (AvgIpc) is 2.07. The summed E-state index contributed by atoms with van der Waals surface area (Å²) >= 11 is 2.60. The van der Waals surface area contributed by atoms with E-state index in [9.17, 15) is 22.0 Å². The highest BCUT2D eigenvalue weighted by Gasteiger charge is 2.34. The Bertz CT molecular complexity index is 395. The van der Waals surface area contributed by atoms with E-state index in [-0.39, 0.29) is 0 Å². The highest BCUT2D eigenvalue weighted by molar-refractivity contribution is 9.10. The molecule has 0 saturated carbocycles. The number of alkyl halides is 5. The van der Waals surface area contributed by atoms with Gasteiger partial charge in [-0.15, -0.1) is 13.2 Å². The maximum atomic E-state index is 12.3. The molecule has 0 saturated heterocycles. The topological polar surface area (TPSA) is 42.4 Å². The van der Waals surface area contributed by atoms with Gasteiger partial charge in [0.15, 0.2) is 17.2 Å². The zero-order valence-corrected chi connectivity index (χ0v) is 8.81. The Hall–Kier alpha value is -1.12. The van der Waals surface area contributed by atoms with Crippen LogP contribution in [0.25, 0.3) is 0 Å². The highest BCUT2D eigenvalue weighted by atomic mass is 79.9. The van der Waals surface area contributed by atoms with Gasteiger partial charge in [-0.2, -0.15) is 0 Å². The first-order chi connectivity index (χ1) is 7.20. The summed E-state index contributed by atoms with van der Waals surface area (Å²) in [6.07, 6.45) is -8.39. The Kier molecular flexibility index (Phi) is 3.56. The summed E-state index contributed by atoms with van der Waals surface area (Å²) in [5.41, 5.74) is -1.21. The van der Waals surface area contributed by atoms with E-state index in [4.69, 9.17) is 5.11 Å². The fraction of sp³-hybridized carbons (Fsp3) is 0.286. The number of ether oxygens (including phenoxy) is 1. The van der Waals surface area contributed by atoms with Gasteiger partial charge in [0.25, 0.3) is 6.43 Å². The number of pyridine rings is 1. The summed E-state index contributed by atoms with van der Waals surface area (Å²) < 4.78 is 63.0. The number of halogens is 6. The molecule has 0 radical (unpaired) electrons. The molecule has 9 heteroatoms. The normalized spacial score (nSPS) is 11.9. The zero-order valence-electron chi connectivity index (χ0n) is 7.23. The zero-order chi connectivity index (χ0) is 12.5. The number of aromatic nitrogens is 1. The molecule has 0 amide bonds. The Morgan fingerprint density at radius 1 is 1.38 bits per heavy atom. The lowest BCUT2D eigenvalue weighted by Gasteiger charge is -2.12. The predicted octanol–water partition coefficient (Wildman–Crippen LogP) is 3.39. The molecule has 0 fully saturated rings. The lowest BCUT2D eigenvalue weighted by molar-refractivity contribution is -0.275. The summed E-state index contributed by atoms with van der Waals surface area (Å²) in [5, 5.41) is 9.00. The first-order valence-corrected chi connectivity index (χ1v) is 4.43. The summed E-state index contributed by atoms with van der Waals surface area (Å²) in [6, 6.07) is 0.409. The molecule has 0 bridgehead atoms. The molecule has 0 aliphatic heterocycles. The van der Waals surface area contributed by atoms with Crippen molar-refractivity contribution in [3.8, 4) is 11.5 Å². The standard InChI is InChI=1S/C7H3BrF5NO2/c8-5-2(15)1-3(16-7(11,12)13)4(14-5)6(9)10/h1,6,15H. The molecule has 0 aromatic carbocycles. The highest BCUT2D eigenvalue weighted by Crippen LogP contribution is 2.36. The monoisotopic (exact) mass is 307 g/mol. The molecule has 0 unspecified atom stereocenters. The van der Waals surface area contributed by atoms with Crippen LogP contribution in [0.1, 0.15) is 12.1 Å². The second kappa shape index (κ2) is 4.40. The number of hydrogen-bond donors (Lipinski definition) is 1. The number of nitrogens with zero attached hydrogens (tertiary/aromatic N) is 1. The van der Waals surface area contributed by atoms with Crippen LogP contribution in [0.2, 0.25) is 0 Å². The van der Waals surface area contributed by atoms with E-state index in [0.29, 0.717) is 6.07 Å². The largest absolute Gasteiger partial charge is 0.573 e. The van der Waals surface area contributed by atoms with Crippen LogP contribution in [-0.4, -0.2) is 16.5 Å². The maximum absolute atomic E-state index is 12.3. The smallest absolute Gasteiger partial charge is 0.505 e. The van der Waals surface area contributed by atoms with Gasteiger partial charge in [-0.1, -0.05) is 0 Å². The second-order valence-electron chi connectivity index (χ2n) is 2.53. The quantitative estimate of drug-likeness (QED) is 0.673. The molecule has 1 aromatic rings. The molecule has 90 valence electrons. The molecule has 0 spiro atoms. The third-order valence-corrected chi connectivity index (χ3v) is 1.97. The average molecular weight is 308 g/mol. The molecule has 1 rings (SSSR count). The van der Waals surface area contributed by atoms with Crippen molar-refractivity contribution in [2.75, 3.05) is 0 Å². The summed E-state index contributed by atoms with van der Waals surface area (Å²) in [4.78, 5) is 3.05. The molecule has 0 aliphatic carbocycles. The van der Waals surface area contributed by atoms with Gasteiger partial charge in [0.1, 0.15) is 4.60 Å². The Morgan fingerprint density at radius 2 is 1.94 bits per heavy atom. The lowest BCUT2D eigenvalue weighted by atomic mass is 10.3. The van der Waals surface area contributed by atoms with Crippen molar-refractivity contribution in [3.05, 3.63) is 16.4 Å². The second-order valence-corrected chi connectivity index (χ2v) is 3.28. The van der Waals surface area contributed by atoms with Gasteiger partial charge in [-0.3, -0.25) is 0 Å². The van der Waals surface area contributed by atoms with Crippen LogP contribution in [0, 0.1) is 0 Å². The first kappa shape index (κ1) is 12.9. The van der Waals surface area contributed by atoms with E-state index in [0.717, 1.165) is 0 Å². The molecule has 0 atom stereocenters. The fourth-order valence-corrected chi connectivity index (χ4v) is 1.14. The van der Waals surface area contributed by atoms with E-state index in [1.165, 1.54) is 0 Å². The molecule has 16 heavy (non-hydrogen) atoms. The minimum Gasteiger partial charge on any atom is -0.505 e. The molecular weight excluding hydrogens is 305 g/mol. The van der Waals surface area contributed by atoms with E-state index in [1.807, 2.05) is 0 Å². The van der Waals surface area contributed by atoms with Crippen molar-refractivity contribution in [1.82, 2.24) is 4.98 Å². The van der Waals surface area contributed by atoms with Crippen LogP contribution >= 0.6 is 15.9 Å². The van der Waals surface area contributed by atoms with Crippen LogP contribution in [-0.2, 0) is 0 Å². The van der Waals surface area contributed by atoms with Gasteiger partial charge in [0, 0.05) is 6.07 Å². The number of hydrogen-bond acceptors (Lipinski definition) is 3. The number of aromatic hydroxyl groups is 1. The Morgan fingerprint density at radius 3 is 2.38 bits per heavy atom. The lowest BCUT2D eigenvalue weighted by Crippen LogP contribution is -2.18. The molecular formula is C7H3BrF5NO2. The minimum atomic E-state index is -5.13. The van der Waals surface area contributed by atoms with Crippen molar-refractivity contribution in [2.45, 2.75) is 12.8 Å². The van der Waals surface area contributed by atoms with Gasteiger partial charge in [-0.25, -0.2) is 13.8 Å². The Balaban J connectivity index is 3.20. The van der Waals surface area contributed by atoms with Crippen LogP contribution in [0.4, 0.5) is 22.0 Å². The fourth-order valence-electron chi connectivity index (χ4n) is 0.839. The first-order valence-electron chi connectivity index (χ1n) is 3.64. The SMILES string of the molecule is Oc1cc(OC(F)(F)F)c(C(F)F)nc1Br. The van der Waals surface area contributed by atoms with Gasteiger partial charge in [-0.05, 0) is 15.9 Å². The summed E-state index contributed by atoms with van der Waals surface area (Å²) in [6.45, 7) is 0. The summed E-state index contributed by atoms with van der Waals surface area (Å²) in [7, 11) is 0. The van der Waals surface area contributed by atoms with Crippen LogP contribution in [0.15, 0.2) is 10.7 Å². The van der Waals surface area contributed by atoms with E-state index in [2.05, 4.69) is 25.7 Å².